The van der Waals surface area contributed by atoms with Crippen LogP contribution in [0.3, 0.4) is 0 Å². The summed E-state index contributed by atoms with van der Waals surface area (Å²) >= 11 is 0. The summed E-state index contributed by atoms with van der Waals surface area (Å²) in [6.45, 7) is 2.09. The van der Waals surface area contributed by atoms with Gasteiger partial charge in [-0.2, -0.15) is 15.4 Å². The lowest BCUT2D eigenvalue weighted by Crippen LogP contribution is -2.02. The highest BCUT2D eigenvalue weighted by Crippen LogP contribution is 2.15. The van der Waals surface area contributed by atoms with Crippen molar-refractivity contribution < 1.29 is 4.79 Å². The standard InChI is InChI=1S/C12H15N3O/c1-2-3-6-10(16)8-9-5-4-7-11-12(9)14-15-13-11/h4-5,7H,2-3,6,8H2,1H3,(H,13,14,15). The van der Waals surface area contributed by atoms with E-state index in [0.29, 0.717) is 12.8 Å². The van der Waals surface area contributed by atoms with E-state index in [-0.39, 0.29) is 5.78 Å². The van der Waals surface area contributed by atoms with Gasteiger partial charge in [-0.15, -0.1) is 0 Å². The fourth-order valence-corrected chi connectivity index (χ4v) is 1.74. The van der Waals surface area contributed by atoms with Gasteiger partial charge >= 0.3 is 0 Å². The topological polar surface area (TPSA) is 58.6 Å². The van der Waals surface area contributed by atoms with Crippen LogP contribution in [0, 0.1) is 0 Å². The van der Waals surface area contributed by atoms with Crippen LogP contribution in [0.4, 0.5) is 0 Å². The van der Waals surface area contributed by atoms with E-state index in [2.05, 4.69) is 22.3 Å². The first-order valence-corrected chi connectivity index (χ1v) is 5.61. The van der Waals surface area contributed by atoms with E-state index < -0.39 is 0 Å². The molecule has 0 spiro atoms. The van der Waals surface area contributed by atoms with E-state index in [4.69, 9.17) is 0 Å². The van der Waals surface area contributed by atoms with Gasteiger partial charge in [0.05, 0.1) is 0 Å². The van der Waals surface area contributed by atoms with Crippen LogP contribution in [0.25, 0.3) is 11.0 Å². The Morgan fingerprint density at radius 1 is 1.38 bits per heavy atom. The summed E-state index contributed by atoms with van der Waals surface area (Å²) in [5.74, 6) is 0.275. The Morgan fingerprint density at radius 3 is 3.06 bits per heavy atom. The van der Waals surface area contributed by atoms with Gasteiger partial charge in [-0.1, -0.05) is 25.5 Å². The molecule has 0 unspecified atom stereocenters. The molecule has 0 saturated carbocycles. The molecule has 2 aromatic rings. The predicted molar refractivity (Wildman–Crippen MR) is 62.1 cm³/mol. The van der Waals surface area contributed by atoms with Crippen molar-refractivity contribution in [2.24, 2.45) is 0 Å². The highest BCUT2D eigenvalue weighted by molar-refractivity contribution is 5.86. The van der Waals surface area contributed by atoms with Crippen molar-refractivity contribution in [2.75, 3.05) is 0 Å². The quantitative estimate of drug-likeness (QED) is 0.835. The van der Waals surface area contributed by atoms with Gasteiger partial charge in [-0.3, -0.25) is 4.79 Å². The number of Topliss-reactive ketones (excluding diaryl/α,β-unsaturated/α-hetero) is 1. The van der Waals surface area contributed by atoms with E-state index in [1.807, 2.05) is 18.2 Å². The van der Waals surface area contributed by atoms with Crippen LogP contribution in [0.5, 0.6) is 0 Å². The number of rotatable bonds is 5. The molecule has 0 aliphatic rings. The van der Waals surface area contributed by atoms with Gasteiger partial charge in [-0.25, -0.2) is 0 Å². The molecule has 1 aromatic carbocycles. The SMILES string of the molecule is CCCCC(=O)Cc1cccc2n[nH]nc12. The molecule has 0 saturated heterocycles. The van der Waals surface area contributed by atoms with Gasteiger partial charge in [0.15, 0.2) is 0 Å². The fraction of sp³-hybridized carbons (Fsp3) is 0.417. The van der Waals surface area contributed by atoms with E-state index in [9.17, 15) is 4.79 Å². The number of benzene rings is 1. The Morgan fingerprint density at radius 2 is 2.25 bits per heavy atom. The van der Waals surface area contributed by atoms with Crippen molar-refractivity contribution in [3.63, 3.8) is 0 Å². The summed E-state index contributed by atoms with van der Waals surface area (Å²) in [6.07, 6.45) is 3.14. The summed E-state index contributed by atoms with van der Waals surface area (Å²) in [6, 6.07) is 5.74. The molecule has 0 bridgehead atoms. The van der Waals surface area contributed by atoms with Crippen LogP contribution in [-0.2, 0) is 11.2 Å². The molecular weight excluding hydrogens is 202 g/mol. The molecule has 0 aliphatic heterocycles. The zero-order valence-electron chi connectivity index (χ0n) is 9.36. The van der Waals surface area contributed by atoms with Crippen molar-refractivity contribution in [3.8, 4) is 0 Å². The third-order valence-electron chi connectivity index (χ3n) is 2.63. The molecule has 0 radical (unpaired) electrons. The lowest BCUT2D eigenvalue weighted by atomic mass is 10.0. The van der Waals surface area contributed by atoms with Crippen molar-refractivity contribution in [2.45, 2.75) is 32.6 Å². The van der Waals surface area contributed by atoms with E-state index in [1.165, 1.54) is 0 Å². The molecular formula is C12H15N3O. The maximum atomic E-state index is 11.7. The number of carbonyl (C=O) groups excluding carboxylic acids is 1. The number of hydrogen-bond donors (Lipinski definition) is 1. The Bertz CT molecular complexity index is 490. The Balaban J connectivity index is 2.14. The molecule has 2 rings (SSSR count). The first-order valence-electron chi connectivity index (χ1n) is 5.61. The molecule has 0 aliphatic carbocycles. The number of aromatic nitrogens is 3. The second-order valence-corrected chi connectivity index (χ2v) is 3.93. The zero-order chi connectivity index (χ0) is 11.4. The average molecular weight is 217 g/mol. The van der Waals surface area contributed by atoms with Crippen LogP contribution in [0.1, 0.15) is 31.7 Å². The summed E-state index contributed by atoms with van der Waals surface area (Å²) in [7, 11) is 0. The Hall–Kier alpha value is -1.71. The average Bonchev–Trinajstić information content (AvgIpc) is 2.75. The minimum Gasteiger partial charge on any atom is -0.299 e. The third-order valence-corrected chi connectivity index (χ3v) is 2.63. The number of aromatic amines is 1. The molecule has 16 heavy (non-hydrogen) atoms. The highest BCUT2D eigenvalue weighted by atomic mass is 16.1. The number of para-hydroxylation sites is 1. The fourth-order valence-electron chi connectivity index (χ4n) is 1.74. The number of carbonyl (C=O) groups is 1. The minimum atomic E-state index is 0.275. The molecule has 1 N–H and O–H groups in total. The first kappa shape index (κ1) is 10.8. The van der Waals surface area contributed by atoms with Crippen molar-refractivity contribution in [1.82, 2.24) is 15.4 Å². The van der Waals surface area contributed by atoms with E-state index >= 15 is 0 Å². The van der Waals surface area contributed by atoms with Gasteiger partial charge in [0.25, 0.3) is 0 Å². The molecule has 1 heterocycles. The van der Waals surface area contributed by atoms with Crippen LogP contribution in [-0.4, -0.2) is 21.2 Å². The number of fused-ring (bicyclic) bond motifs is 1. The molecule has 0 fully saturated rings. The second-order valence-electron chi connectivity index (χ2n) is 3.93. The Kier molecular flexibility index (Phi) is 3.29. The number of nitrogens with zero attached hydrogens (tertiary/aromatic N) is 2. The Labute approximate surface area is 94.0 Å². The molecule has 84 valence electrons. The number of nitrogens with one attached hydrogen (secondary N) is 1. The van der Waals surface area contributed by atoms with Crippen LogP contribution in [0.15, 0.2) is 18.2 Å². The summed E-state index contributed by atoms with van der Waals surface area (Å²) in [5.41, 5.74) is 2.60. The molecule has 0 atom stereocenters. The van der Waals surface area contributed by atoms with E-state index in [0.717, 1.165) is 29.4 Å². The van der Waals surface area contributed by atoms with Crippen molar-refractivity contribution in [1.29, 1.82) is 0 Å². The molecule has 4 nitrogen and oxygen atoms in total. The minimum absolute atomic E-state index is 0.275. The second kappa shape index (κ2) is 4.88. The zero-order valence-corrected chi connectivity index (χ0v) is 9.36. The number of H-pyrrole nitrogens is 1. The summed E-state index contributed by atoms with van der Waals surface area (Å²) in [5, 5.41) is 10.6. The van der Waals surface area contributed by atoms with Crippen molar-refractivity contribution >= 4 is 16.8 Å². The largest absolute Gasteiger partial charge is 0.299 e. The van der Waals surface area contributed by atoms with Gasteiger partial charge in [-0.05, 0) is 18.1 Å². The van der Waals surface area contributed by atoms with E-state index in [1.54, 1.807) is 0 Å². The lowest BCUT2D eigenvalue weighted by Gasteiger charge is -2.00. The van der Waals surface area contributed by atoms with Crippen LogP contribution < -0.4 is 0 Å². The third kappa shape index (κ3) is 2.27. The monoisotopic (exact) mass is 217 g/mol. The first-order chi connectivity index (χ1) is 7.81. The van der Waals surface area contributed by atoms with Crippen LogP contribution >= 0.6 is 0 Å². The highest BCUT2D eigenvalue weighted by Gasteiger charge is 2.08. The summed E-state index contributed by atoms with van der Waals surface area (Å²) < 4.78 is 0. The predicted octanol–water partition coefficient (Wildman–Crippen LogP) is 2.26. The number of ketones is 1. The van der Waals surface area contributed by atoms with Gasteiger partial charge in [0, 0.05) is 12.8 Å². The molecule has 4 heteroatoms. The summed E-state index contributed by atoms with van der Waals surface area (Å²) in [4.78, 5) is 11.7. The van der Waals surface area contributed by atoms with Gasteiger partial charge in [0.2, 0.25) is 0 Å². The molecule has 0 amide bonds. The van der Waals surface area contributed by atoms with Crippen molar-refractivity contribution in [3.05, 3.63) is 23.8 Å². The molecule has 1 aromatic heterocycles. The number of hydrogen-bond acceptors (Lipinski definition) is 3. The maximum Gasteiger partial charge on any atom is 0.137 e. The van der Waals surface area contributed by atoms with Gasteiger partial charge < -0.3 is 0 Å². The maximum absolute atomic E-state index is 11.7. The smallest absolute Gasteiger partial charge is 0.137 e. The normalized spacial score (nSPS) is 10.8. The number of unbranched alkanes of at least 4 members (excludes halogenated alkanes) is 1. The van der Waals surface area contributed by atoms with Gasteiger partial charge in [0.1, 0.15) is 16.8 Å². The van der Waals surface area contributed by atoms with Crippen LogP contribution in [0.2, 0.25) is 0 Å². The lowest BCUT2D eigenvalue weighted by molar-refractivity contribution is -0.118.